The van der Waals surface area contributed by atoms with E-state index in [1.165, 1.54) is 12.3 Å². The summed E-state index contributed by atoms with van der Waals surface area (Å²) in [5.74, 6) is 0.335. The number of ether oxygens (including phenoxy) is 1. The van der Waals surface area contributed by atoms with Gasteiger partial charge in [0.1, 0.15) is 17.1 Å². The quantitative estimate of drug-likeness (QED) is 0.594. The molecule has 4 rings (SSSR count). The second-order valence-electron chi connectivity index (χ2n) is 5.31. The fraction of sp³-hybridized carbons (Fsp3) is 0.0588. The SMILES string of the molecule is FC(F)(F)c1ccc(Oc2ncccc2-c2n[nH]c3ncccc23)cn1. The summed E-state index contributed by atoms with van der Waals surface area (Å²) in [4.78, 5) is 11.7. The third-order valence-corrected chi connectivity index (χ3v) is 3.60. The largest absolute Gasteiger partial charge is 0.437 e. The van der Waals surface area contributed by atoms with Crippen molar-refractivity contribution < 1.29 is 17.9 Å². The smallest absolute Gasteiger partial charge is 0.433 e. The van der Waals surface area contributed by atoms with E-state index in [4.69, 9.17) is 4.74 Å². The molecule has 0 atom stereocenters. The van der Waals surface area contributed by atoms with Gasteiger partial charge in [0.15, 0.2) is 5.65 Å². The molecule has 0 spiro atoms. The van der Waals surface area contributed by atoms with E-state index < -0.39 is 11.9 Å². The molecule has 26 heavy (non-hydrogen) atoms. The zero-order chi connectivity index (χ0) is 18.1. The molecule has 4 heterocycles. The number of hydrogen-bond donors (Lipinski definition) is 1. The van der Waals surface area contributed by atoms with Gasteiger partial charge in [0.2, 0.25) is 5.88 Å². The Kier molecular flexibility index (Phi) is 3.76. The first kappa shape index (κ1) is 16.0. The molecule has 0 saturated heterocycles. The highest BCUT2D eigenvalue weighted by Crippen LogP contribution is 2.34. The van der Waals surface area contributed by atoms with Crippen LogP contribution in [0.5, 0.6) is 11.6 Å². The van der Waals surface area contributed by atoms with E-state index in [-0.39, 0.29) is 11.6 Å². The fourth-order valence-electron chi connectivity index (χ4n) is 2.43. The minimum atomic E-state index is -4.50. The van der Waals surface area contributed by atoms with Gasteiger partial charge >= 0.3 is 6.18 Å². The minimum Gasteiger partial charge on any atom is -0.437 e. The van der Waals surface area contributed by atoms with Gasteiger partial charge in [-0.25, -0.2) is 15.0 Å². The summed E-state index contributed by atoms with van der Waals surface area (Å²) >= 11 is 0. The van der Waals surface area contributed by atoms with Crippen molar-refractivity contribution in [3.8, 4) is 22.9 Å². The molecule has 6 nitrogen and oxygen atoms in total. The summed E-state index contributed by atoms with van der Waals surface area (Å²) in [7, 11) is 0. The number of alkyl halides is 3. The van der Waals surface area contributed by atoms with Crippen LogP contribution in [0.25, 0.3) is 22.3 Å². The van der Waals surface area contributed by atoms with Crippen molar-refractivity contribution in [2.45, 2.75) is 6.18 Å². The highest BCUT2D eigenvalue weighted by Gasteiger charge is 2.32. The third-order valence-electron chi connectivity index (χ3n) is 3.60. The first-order valence-corrected chi connectivity index (χ1v) is 7.48. The molecule has 9 heteroatoms. The summed E-state index contributed by atoms with van der Waals surface area (Å²) in [6.07, 6.45) is -0.344. The molecule has 1 N–H and O–H groups in total. The third kappa shape index (κ3) is 2.94. The lowest BCUT2D eigenvalue weighted by Gasteiger charge is -2.10. The molecule has 4 aromatic rings. The van der Waals surface area contributed by atoms with Gasteiger partial charge in [-0.05, 0) is 36.4 Å². The van der Waals surface area contributed by atoms with Gasteiger partial charge in [0.05, 0.1) is 11.8 Å². The van der Waals surface area contributed by atoms with Crippen LogP contribution in [-0.2, 0) is 6.18 Å². The van der Waals surface area contributed by atoms with Crippen LogP contribution in [0.4, 0.5) is 13.2 Å². The molecule has 0 aliphatic carbocycles. The van der Waals surface area contributed by atoms with Gasteiger partial charge in [-0.1, -0.05) is 0 Å². The molecule has 0 saturated carbocycles. The Bertz CT molecular complexity index is 1060. The number of rotatable bonds is 3. The number of pyridine rings is 3. The number of nitrogens with one attached hydrogen (secondary N) is 1. The molecule has 0 radical (unpaired) electrons. The van der Waals surface area contributed by atoms with Crippen molar-refractivity contribution in [2.75, 3.05) is 0 Å². The maximum absolute atomic E-state index is 12.6. The Balaban J connectivity index is 1.71. The molecule has 0 aromatic carbocycles. The van der Waals surface area contributed by atoms with Crippen molar-refractivity contribution in [3.05, 3.63) is 60.7 Å². The Morgan fingerprint density at radius 1 is 0.923 bits per heavy atom. The van der Waals surface area contributed by atoms with Gasteiger partial charge in [0.25, 0.3) is 0 Å². The molecule has 0 aliphatic rings. The van der Waals surface area contributed by atoms with Gasteiger partial charge in [-0.2, -0.15) is 18.3 Å². The topological polar surface area (TPSA) is 76.6 Å². The van der Waals surface area contributed by atoms with Crippen LogP contribution >= 0.6 is 0 Å². The predicted molar refractivity (Wildman–Crippen MR) is 86.4 cm³/mol. The van der Waals surface area contributed by atoms with E-state index >= 15 is 0 Å². The lowest BCUT2D eigenvalue weighted by Crippen LogP contribution is -2.07. The normalized spacial score (nSPS) is 11.7. The molecule has 130 valence electrons. The van der Waals surface area contributed by atoms with E-state index in [1.807, 2.05) is 6.07 Å². The van der Waals surface area contributed by atoms with Crippen molar-refractivity contribution >= 4 is 11.0 Å². The first-order valence-electron chi connectivity index (χ1n) is 7.48. The Hall–Kier alpha value is -3.49. The number of aromatic amines is 1. The standard InChI is InChI=1S/C17H10F3N5O/c18-17(19,20)13-6-5-10(9-23-13)26-16-12(4-2-8-22-16)14-11-3-1-7-21-15(11)25-24-14/h1-9H,(H,21,24,25). The molecular weight excluding hydrogens is 347 g/mol. The molecule has 0 bridgehead atoms. The van der Waals surface area contributed by atoms with Crippen molar-refractivity contribution in [1.29, 1.82) is 0 Å². The molecule has 0 unspecified atom stereocenters. The molecule has 0 fully saturated rings. The Morgan fingerprint density at radius 3 is 2.50 bits per heavy atom. The lowest BCUT2D eigenvalue weighted by molar-refractivity contribution is -0.141. The van der Waals surface area contributed by atoms with Crippen LogP contribution in [0.2, 0.25) is 0 Å². The number of fused-ring (bicyclic) bond motifs is 1. The number of hydrogen-bond acceptors (Lipinski definition) is 5. The molecule has 4 aromatic heterocycles. The van der Waals surface area contributed by atoms with Crippen LogP contribution < -0.4 is 4.74 Å². The van der Waals surface area contributed by atoms with E-state index in [1.54, 1.807) is 24.4 Å². The maximum Gasteiger partial charge on any atom is 0.433 e. The number of aromatic nitrogens is 5. The van der Waals surface area contributed by atoms with Crippen LogP contribution in [0, 0.1) is 0 Å². The molecule has 0 amide bonds. The van der Waals surface area contributed by atoms with Gasteiger partial charge in [-0.3, -0.25) is 5.10 Å². The second-order valence-corrected chi connectivity index (χ2v) is 5.31. The van der Waals surface area contributed by atoms with Crippen LogP contribution in [0.3, 0.4) is 0 Å². The zero-order valence-corrected chi connectivity index (χ0v) is 13.0. The number of H-pyrrole nitrogens is 1. The Labute approximate surface area is 144 Å². The summed E-state index contributed by atoms with van der Waals surface area (Å²) in [5, 5.41) is 7.84. The summed E-state index contributed by atoms with van der Waals surface area (Å²) < 4.78 is 43.5. The summed E-state index contributed by atoms with van der Waals surface area (Å²) in [6.45, 7) is 0. The monoisotopic (exact) mass is 357 g/mol. The van der Waals surface area contributed by atoms with Crippen LogP contribution in [0.1, 0.15) is 5.69 Å². The average Bonchev–Trinajstić information content (AvgIpc) is 3.06. The Morgan fingerprint density at radius 2 is 1.73 bits per heavy atom. The first-order chi connectivity index (χ1) is 12.5. The van der Waals surface area contributed by atoms with Crippen molar-refractivity contribution in [3.63, 3.8) is 0 Å². The van der Waals surface area contributed by atoms with Crippen LogP contribution in [0.15, 0.2) is 55.0 Å². The van der Waals surface area contributed by atoms with Crippen molar-refractivity contribution in [1.82, 2.24) is 25.1 Å². The highest BCUT2D eigenvalue weighted by atomic mass is 19.4. The number of halogens is 3. The van der Waals surface area contributed by atoms with E-state index in [0.29, 0.717) is 16.9 Å². The van der Waals surface area contributed by atoms with E-state index in [0.717, 1.165) is 17.6 Å². The summed E-state index contributed by atoms with van der Waals surface area (Å²) in [6, 6.07) is 9.13. The van der Waals surface area contributed by atoms with Gasteiger partial charge < -0.3 is 4.74 Å². The maximum atomic E-state index is 12.6. The highest BCUT2D eigenvalue weighted by molar-refractivity contribution is 5.91. The predicted octanol–water partition coefficient (Wildman–Crippen LogP) is 4.23. The lowest BCUT2D eigenvalue weighted by atomic mass is 10.1. The molecular formula is C17H10F3N5O. The summed E-state index contributed by atoms with van der Waals surface area (Å²) in [5.41, 5.74) is 0.770. The zero-order valence-electron chi connectivity index (χ0n) is 13.0. The number of nitrogens with zero attached hydrogens (tertiary/aromatic N) is 4. The van der Waals surface area contributed by atoms with Gasteiger partial charge in [0, 0.05) is 17.8 Å². The second kappa shape index (κ2) is 6.10. The average molecular weight is 357 g/mol. The van der Waals surface area contributed by atoms with Crippen molar-refractivity contribution in [2.24, 2.45) is 0 Å². The van der Waals surface area contributed by atoms with E-state index in [9.17, 15) is 13.2 Å². The fourth-order valence-corrected chi connectivity index (χ4v) is 2.43. The van der Waals surface area contributed by atoms with Crippen LogP contribution in [-0.4, -0.2) is 25.1 Å². The molecule has 0 aliphatic heterocycles. The minimum absolute atomic E-state index is 0.135. The van der Waals surface area contributed by atoms with Gasteiger partial charge in [-0.15, -0.1) is 0 Å². The van der Waals surface area contributed by atoms with E-state index in [2.05, 4.69) is 25.1 Å².